The lowest BCUT2D eigenvalue weighted by Crippen LogP contribution is -1.91. The molecule has 6 aromatic carbocycles. The zero-order valence-corrected chi connectivity index (χ0v) is 17.9. The molecule has 0 saturated heterocycles. The van der Waals surface area contributed by atoms with E-state index in [1.165, 1.54) is 54.6 Å². The minimum atomic E-state index is 0.870. The van der Waals surface area contributed by atoms with Crippen LogP contribution >= 0.6 is 0 Å². The van der Waals surface area contributed by atoms with Crippen LogP contribution in [0.25, 0.3) is 54.6 Å². The van der Waals surface area contributed by atoms with Crippen molar-refractivity contribution in [3.8, 4) is 28.0 Å². The summed E-state index contributed by atoms with van der Waals surface area (Å²) in [6, 6.07) is 41.2. The van der Waals surface area contributed by atoms with Crippen molar-refractivity contribution in [1.82, 2.24) is 0 Å². The fourth-order valence-electron chi connectivity index (χ4n) is 4.93. The first kappa shape index (κ1) is 18.7. The molecule has 32 heavy (non-hydrogen) atoms. The normalized spacial score (nSPS) is 11.3. The van der Waals surface area contributed by atoms with Gasteiger partial charge in [-0.15, -0.1) is 0 Å². The molecule has 0 unspecified atom stereocenters. The van der Waals surface area contributed by atoms with Gasteiger partial charge in [-0.1, -0.05) is 103 Å². The Morgan fingerprint density at radius 2 is 0.938 bits per heavy atom. The summed E-state index contributed by atoms with van der Waals surface area (Å²) < 4.78 is 5.40. The van der Waals surface area contributed by atoms with Crippen LogP contribution in [0, 0.1) is 0 Å². The summed E-state index contributed by atoms with van der Waals surface area (Å²) in [5, 5.41) is 7.61. The van der Waals surface area contributed by atoms with Gasteiger partial charge in [-0.3, -0.25) is 0 Å². The van der Waals surface area contributed by atoms with Crippen molar-refractivity contribution >= 4 is 32.3 Å². The summed E-state index contributed by atoms with van der Waals surface area (Å²) in [6.07, 6.45) is 0. The molecule has 0 N–H and O–H groups in total. The van der Waals surface area contributed by atoms with Gasteiger partial charge in [0.05, 0.1) is 7.11 Å². The van der Waals surface area contributed by atoms with E-state index in [2.05, 4.69) is 103 Å². The monoisotopic (exact) mass is 410 g/mol. The number of ether oxygens (including phenoxy) is 1. The second-order valence-corrected chi connectivity index (χ2v) is 8.10. The molecule has 0 bridgehead atoms. The van der Waals surface area contributed by atoms with Crippen LogP contribution in [0.1, 0.15) is 0 Å². The Morgan fingerprint density at radius 3 is 1.53 bits per heavy atom. The van der Waals surface area contributed by atoms with Crippen LogP contribution < -0.4 is 4.74 Å². The van der Waals surface area contributed by atoms with Gasteiger partial charge in [-0.05, 0) is 66.7 Å². The third kappa shape index (κ3) is 2.86. The van der Waals surface area contributed by atoms with Crippen molar-refractivity contribution in [2.24, 2.45) is 0 Å². The predicted molar refractivity (Wildman–Crippen MR) is 136 cm³/mol. The largest absolute Gasteiger partial charge is 0.497 e. The maximum Gasteiger partial charge on any atom is 0.118 e. The van der Waals surface area contributed by atoms with E-state index in [1.807, 2.05) is 12.1 Å². The predicted octanol–water partition coefficient (Wildman–Crippen LogP) is 8.49. The van der Waals surface area contributed by atoms with Gasteiger partial charge in [0.1, 0.15) is 5.75 Å². The maximum absolute atomic E-state index is 5.40. The van der Waals surface area contributed by atoms with E-state index in [0.717, 1.165) is 5.75 Å². The van der Waals surface area contributed by atoms with E-state index in [4.69, 9.17) is 4.74 Å². The van der Waals surface area contributed by atoms with E-state index in [-0.39, 0.29) is 0 Å². The highest BCUT2D eigenvalue weighted by Crippen LogP contribution is 2.45. The van der Waals surface area contributed by atoms with Crippen molar-refractivity contribution in [3.05, 3.63) is 115 Å². The van der Waals surface area contributed by atoms with E-state index in [9.17, 15) is 0 Å². The smallest absolute Gasteiger partial charge is 0.118 e. The molecule has 0 aromatic heterocycles. The number of rotatable bonds is 3. The zero-order valence-electron chi connectivity index (χ0n) is 17.9. The molecule has 0 fully saturated rings. The third-order valence-electron chi connectivity index (χ3n) is 6.37. The number of hydrogen-bond donors (Lipinski definition) is 0. The molecule has 0 spiro atoms. The molecule has 0 heterocycles. The quantitative estimate of drug-likeness (QED) is 0.266. The van der Waals surface area contributed by atoms with Gasteiger partial charge in [-0.2, -0.15) is 0 Å². The van der Waals surface area contributed by atoms with E-state index in [1.54, 1.807) is 7.11 Å². The SMILES string of the molecule is COc1ccc(-c2c3ccccc3c(-c3cccc4ccccc34)c3ccccc23)cc1. The molecule has 0 atom stereocenters. The van der Waals surface area contributed by atoms with Gasteiger partial charge in [0.2, 0.25) is 0 Å². The molecule has 6 rings (SSSR count). The van der Waals surface area contributed by atoms with Crippen LogP contribution in [-0.4, -0.2) is 7.11 Å². The molecule has 0 amide bonds. The van der Waals surface area contributed by atoms with Gasteiger partial charge >= 0.3 is 0 Å². The molecular weight excluding hydrogens is 388 g/mol. The van der Waals surface area contributed by atoms with Crippen LogP contribution in [-0.2, 0) is 0 Å². The fraction of sp³-hybridized carbons (Fsp3) is 0.0323. The lowest BCUT2D eigenvalue weighted by Gasteiger charge is -2.18. The van der Waals surface area contributed by atoms with Crippen LogP contribution in [0.2, 0.25) is 0 Å². The Kier molecular flexibility index (Phi) is 4.40. The summed E-state index contributed by atoms with van der Waals surface area (Å²) in [5.41, 5.74) is 5.03. The summed E-state index contributed by atoms with van der Waals surface area (Å²) in [6.45, 7) is 0. The molecule has 1 heteroatoms. The number of fused-ring (bicyclic) bond motifs is 3. The van der Waals surface area contributed by atoms with Crippen LogP contribution in [0.3, 0.4) is 0 Å². The summed E-state index contributed by atoms with van der Waals surface area (Å²) >= 11 is 0. The Hall–Kier alpha value is -4.10. The first-order chi connectivity index (χ1) is 15.8. The lowest BCUT2D eigenvalue weighted by molar-refractivity contribution is 0.415. The topological polar surface area (TPSA) is 9.23 Å². The molecule has 0 aliphatic rings. The molecule has 0 aliphatic heterocycles. The van der Waals surface area contributed by atoms with Crippen molar-refractivity contribution in [3.63, 3.8) is 0 Å². The summed E-state index contributed by atoms with van der Waals surface area (Å²) in [4.78, 5) is 0. The average Bonchev–Trinajstić information content (AvgIpc) is 2.87. The molecular formula is C31H22O. The van der Waals surface area contributed by atoms with Gasteiger partial charge < -0.3 is 4.74 Å². The van der Waals surface area contributed by atoms with E-state index < -0.39 is 0 Å². The van der Waals surface area contributed by atoms with Gasteiger partial charge in [-0.25, -0.2) is 0 Å². The van der Waals surface area contributed by atoms with Gasteiger partial charge in [0, 0.05) is 0 Å². The molecule has 1 nitrogen and oxygen atoms in total. The second-order valence-electron chi connectivity index (χ2n) is 8.10. The van der Waals surface area contributed by atoms with Crippen LogP contribution in [0.15, 0.2) is 115 Å². The van der Waals surface area contributed by atoms with Crippen molar-refractivity contribution < 1.29 is 4.74 Å². The zero-order chi connectivity index (χ0) is 21.5. The summed E-state index contributed by atoms with van der Waals surface area (Å²) in [5.74, 6) is 0.870. The number of hydrogen-bond acceptors (Lipinski definition) is 1. The van der Waals surface area contributed by atoms with Crippen molar-refractivity contribution in [2.45, 2.75) is 0 Å². The van der Waals surface area contributed by atoms with Gasteiger partial charge in [0.25, 0.3) is 0 Å². The third-order valence-corrected chi connectivity index (χ3v) is 6.37. The molecule has 6 aromatic rings. The Bertz CT molecular complexity index is 1530. The molecule has 0 radical (unpaired) electrons. The average molecular weight is 411 g/mol. The Balaban J connectivity index is 1.78. The highest BCUT2D eigenvalue weighted by molar-refractivity contribution is 6.23. The van der Waals surface area contributed by atoms with Crippen molar-refractivity contribution in [1.29, 1.82) is 0 Å². The highest BCUT2D eigenvalue weighted by Gasteiger charge is 2.17. The molecule has 0 aliphatic carbocycles. The Labute approximate surface area is 187 Å². The number of methoxy groups -OCH3 is 1. The molecule has 0 saturated carbocycles. The highest BCUT2D eigenvalue weighted by atomic mass is 16.5. The lowest BCUT2D eigenvalue weighted by atomic mass is 9.85. The first-order valence-corrected chi connectivity index (χ1v) is 10.9. The first-order valence-electron chi connectivity index (χ1n) is 10.9. The van der Waals surface area contributed by atoms with Gasteiger partial charge in [0.15, 0.2) is 0 Å². The van der Waals surface area contributed by atoms with Crippen molar-refractivity contribution in [2.75, 3.05) is 7.11 Å². The standard InChI is InChI=1S/C31H22O/c1-32-23-19-17-22(18-20-23)30-26-12-4-6-14-28(26)31(29-15-7-5-13-27(29)30)25-16-8-10-21-9-2-3-11-24(21)25/h2-20H,1H3. The van der Waals surface area contributed by atoms with E-state index in [0.29, 0.717) is 0 Å². The van der Waals surface area contributed by atoms with E-state index >= 15 is 0 Å². The van der Waals surface area contributed by atoms with Crippen LogP contribution in [0.5, 0.6) is 5.75 Å². The minimum absolute atomic E-state index is 0.870. The maximum atomic E-state index is 5.40. The Morgan fingerprint density at radius 1 is 0.438 bits per heavy atom. The van der Waals surface area contributed by atoms with Crippen LogP contribution in [0.4, 0.5) is 0 Å². The second kappa shape index (κ2) is 7.55. The molecule has 152 valence electrons. The fourth-order valence-corrected chi connectivity index (χ4v) is 4.93. The summed E-state index contributed by atoms with van der Waals surface area (Å²) in [7, 11) is 1.71. The minimum Gasteiger partial charge on any atom is -0.497 e. The number of benzene rings is 6.